The SMILES string of the molecule is F[B-](F)(F)F.c1ccc2ncccc2c1. The van der Waals surface area contributed by atoms with Crippen LogP contribution in [0.1, 0.15) is 0 Å². The number of aromatic nitrogens is 1. The van der Waals surface area contributed by atoms with Crippen LogP contribution < -0.4 is 0 Å². The van der Waals surface area contributed by atoms with Crippen LogP contribution >= 0.6 is 0 Å². The standard InChI is InChI=1S/C9H7N.BF4/c1-2-6-9-8(4-1)5-3-7-10-9;2-1(3,4)5/h1-7H;/q;-1. The average molecular weight is 216 g/mol. The fourth-order valence-electron chi connectivity index (χ4n) is 1.02. The number of hydrogen-bond donors (Lipinski definition) is 0. The molecule has 0 saturated carbocycles. The zero-order chi connectivity index (χ0) is 11.3. The summed E-state index contributed by atoms with van der Waals surface area (Å²) in [5, 5.41) is 1.20. The van der Waals surface area contributed by atoms with E-state index in [9.17, 15) is 17.3 Å². The van der Waals surface area contributed by atoms with Gasteiger partial charge in [-0.3, -0.25) is 4.98 Å². The first-order valence-electron chi connectivity index (χ1n) is 4.14. The summed E-state index contributed by atoms with van der Waals surface area (Å²) in [6.07, 6.45) is 1.81. The smallest absolute Gasteiger partial charge is 0.418 e. The molecule has 1 aromatic carbocycles. The average Bonchev–Trinajstić information content (AvgIpc) is 2.16. The third kappa shape index (κ3) is 5.00. The van der Waals surface area contributed by atoms with Crippen LogP contribution in [0.2, 0.25) is 0 Å². The van der Waals surface area contributed by atoms with Gasteiger partial charge in [-0.15, -0.1) is 0 Å². The molecule has 2 rings (SSSR count). The number of para-hydroxylation sites is 1. The zero-order valence-corrected chi connectivity index (χ0v) is 7.58. The van der Waals surface area contributed by atoms with E-state index in [2.05, 4.69) is 17.1 Å². The van der Waals surface area contributed by atoms with Crippen LogP contribution in [0.5, 0.6) is 0 Å². The molecule has 1 aromatic heterocycles. The molecule has 0 saturated heterocycles. The summed E-state index contributed by atoms with van der Waals surface area (Å²) in [6.45, 7) is 0. The van der Waals surface area contributed by atoms with Gasteiger partial charge in [-0.25, -0.2) is 0 Å². The third-order valence-electron chi connectivity index (χ3n) is 1.51. The Morgan fingerprint density at radius 3 is 2.00 bits per heavy atom. The van der Waals surface area contributed by atoms with Crippen LogP contribution in [-0.4, -0.2) is 12.2 Å². The van der Waals surface area contributed by atoms with Crippen LogP contribution in [0.3, 0.4) is 0 Å². The molecule has 0 N–H and O–H groups in total. The predicted molar refractivity (Wildman–Crippen MR) is 51.9 cm³/mol. The van der Waals surface area contributed by atoms with Crippen molar-refractivity contribution in [1.29, 1.82) is 0 Å². The van der Waals surface area contributed by atoms with Crippen molar-refractivity contribution >= 4 is 18.2 Å². The molecule has 0 amide bonds. The van der Waals surface area contributed by atoms with Crippen molar-refractivity contribution in [3.63, 3.8) is 0 Å². The second-order valence-electron chi connectivity index (χ2n) is 2.69. The fourth-order valence-corrected chi connectivity index (χ4v) is 1.02. The van der Waals surface area contributed by atoms with Gasteiger partial charge < -0.3 is 17.3 Å². The Balaban J connectivity index is 0.000000195. The van der Waals surface area contributed by atoms with Crippen LogP contribution in [0, 0.1) is 0 Å². The molecule has 2 aromatic rings. The lowest BCUT2D eigenvalue weighted by molar-refractivity contribution is 0.368. The number of nitrogens with zero attached hydrogens (tertiary/aromatic N) is 1. The Bertz CT molecular complexity index is 358. The molecule has 0 atom stereocenters. The van der Waals surface area contributed by atoms with Gasteiger partial charge in [0.25, 0.3) is 0 Å². The Hall–Kier alpha value is -1.59. The molecule has 0 bridgehead atoms. The zero-order valence-electron chi connectivity index (χ0n) is 7.58. The highest BCUT2D eigenvalue weighted by atomic mass is 19.5. The molecular weight excluding hydrogens is 209 g/mol. The molecule has 80 valence electrons. The van der Waals surface area contributed by atoms with Crippen molar-refractivity contribution < 1.29 is 17.3 Å². The molecule has 0 unspecified atom stereocenters. The highest BCUT2D eigenvalue weighted by Crippen LogP contribution is 2.08. The summed E-state index contributed by atoms with van der Waals surface area (Å²) in [5.41, 5.74) is 1.06. The van der Waals surface area contributed by atoms with Gasteiger partial charge in [0.2, 0.25) is 0 Å². The van der Waals surface area contributed by atoms with Crippen LogP contribution in [0.15, 0.2) is 42.6 Å². The Labute approximate surface area is 83.9 Å². The molecule has 0 spiro atoms. The third-order valence-corrected chi connectivity index (χ3v) is 1.51. The first kappa shape index (κ1) is 11.5. The minimum Gasteiger partial charge on any atom is -0.418 e. The summed E-state index contributed by atoms with van der Waals surface area (Å²) in [4.78, 5) is 4.18. The van der Waals surface area contributed by atoms with E-state index in [1.165, 1.54) is 5.39 Å². The predicted octanol–water partition coefficient (Wildman–Crippen LogP) is 3.53. The van der Waals surface area contributed by atoms with Crippen molar-refractivity contribution in [2.75, 3.05) is 0 Å². The van der Waals surface area contributed by atoms with E-state index in [1.54, 1.807) is 0 Å². The summed E-state index contributed by atoms with van der Waals surface area (Å²) in [7, 11) is -6.00. The second kappa shape index (κ2) is 4.77. The van der Waals surface area contributed by atoms with E-state index in [0.29, 0.717) is 0 Å². The normalized spacial score (nSPS) is 10.7. The Morgan fingerprint density at radius 2 is 1.40 bits per heavy atom. The lowest BCUT2D eigenvalue weighted by atomic mass is 10.2. The molecule has 1 nitrogen and oxygen atoms in total. The van der Waals surface area contributed by atoms with Gasteiger partial charge in [0, 0.05) is 11.6 Å². The number of pyridine rings is 1. The maximum atomic E-state index is 9.75. The van der Waals surface area contributed by atoms with Crippen molar-refractivity contribution in [1.82, 2.24) is 4.98 Å². The molecule has 0 radical (unpaired) electrons. The van der Waals surface area contributed by atoms with E-state index >= 15 is 0 Å². The number of halogens is 4. The molecular formula is C9H7BF4N-. The molecule has 0 aliphatic heterocycles. The first-order chi connectivity index (χ1) is 6.97. The number of benzene rings is 1. The molecule has 0 aliphatic rings. The quantitative estimate of drug-likeness (QED) is 0.484. The maximum Gasteiger partial charge on any atom is 0.673 e. The van der Waals surface area contributed by atoms with Crippen LogP contribution in [0.25, 0.3) is 10.9 Å². The summed E-state index contributed by atoms with van der Waals surface area (Å²) in [6, 6.07) is 12.1. The van der Waals surface area contributed by atoms with E-state index in [-0.39, 0.29) is 0 Å². The number of rotatable bonds is 0. The van der Waals surface area contributed by atoms with Crippen LogP contribution in [-0.2, 0) is 0 Å². The number of hydrogen-bond acceptors (Lipinski definition) is 1. The first-order valence-corrected chi connectivity index (χ1v) is 4.14. The Morgan fingerprint density at radius 1 is 0.867 bits per heavy atom. The van der Waals surface area contributed by atoms with Gasteiger partial charge in [-0.1, -0.05) is 24.3 Å². The minimum atomic E-state index is -6.00. The highest BCUT2D eigenvalue weighted by molar-refractivity contribution is 6.50. The molecule has 0 fully saturated rings. The Kier molecular flexibility index (Phi) is 3.65. The van der Waals surface area contributed by atoms with E-state index in [0.717, 1.165) is 5.52 Å². The van der Waals surface area contributed by atoms with E-state index in [1.807, 2.05) is 30.5 Å². The van der Waals surface area contributed by atoms with Gasteiger partial charge in [-0.2, -0.15) is 0 Å². The second-order valence-corrected chi connectivity index (χ2v) is 2.69. The van der Waals surface area contributed by atoms with Gasteiger partial charge >= 0.3 is 7.25 Å². The lowest BCUT2D eigenvalue weighted by Crippen LogP contribution is -2.02. The maximum absolute atomic E-state index is 9.75. The van der Waals surface area contributed by atoms with Crippen LogP contribution in [0.4, 0.5) is 17.3 Å². The molecule has 6 heteroatoms. The van der Waals surface area contributed by atoms with Gasteiger partial charge in [-0.05, 0) is 12.1 Å². The molecule has 0 aliphatic carbocycles. The van der Waals surface area contributed by atoms with E-state index < -0.39 is 7.25 Å². The monoisotopic (exact) mass is 216 g/mol. The lowest BCUT2D eigenvalue weighted by Gasteiger charge is -1.94. The summed E-state index contributed by atoms with van der Waals surface area (Å²) >= 11 is 0. The van der Waals surface area contributed by atoms with Crippen molar-refractivity contribution in [2.45, 2.75) is 0 Å². The largest absolute Gasteiger partial charge is 0.673 e. The van der Waals surface area contributed by atoms with Gasteiger partial charge in [0.1, 0.15) is 0 Å². The van der Waals surface area contributed by atoms with Crippen molar-refractivity contribution in [2.24, 2.45) is 0 Å². The topological polar surface area (TPSA) is 12.9 Å². The van der Waals surface area contributed by atoms with E-state index in [4.69, 9.17) is 0 Å². The summed E-state index contributed by atoms with van der Waals surface area (Å²) < 4.78 is 39.0. The summed E-state index contributed by atoms with van der Waals surface area (Å²) in [5.74, 6) is 0. The molecule has 1 heterocycles. The fraction of sp³-hybridized carbons (Fsp3) is 0. The molecule has 15 heavy (non-hydrogen) atoms. The van der Waals surface area contributed by atoms with Gasteiger partial charge in [0.15, 0.2) is 0 Å². The number of fused-ring (bicyclic) bond motifs is 1. The minimum absolute atomic E-state index is 1.06. The van der Waals surface area contributed by atoms with Crippen molar-refractivity contribution in [3.8, 4) is 0 Å². The highest BCUT2D eigenvalue weighted by Gasteiger charge is 2.20. The van der Waals surface area contributed by atoms with Crippen molar-refractivity contribution in [3.05, 3.63) is 42.6 Å². The van der Waals surface area contributed by atoms with Gasteiger partial charge in [0.05, 0.1) is 5.52 Å².